The van der Waals surface area contributed by atoms with Crippen LogP contribution in [0.5, 0.6) is 0 Å². The Kier molecular flexibility index (Phi) is 17.8. The van der Waals surface area contributed by atoms with Crippen LogP contribution in [0.1, 0.15) is 93.3 Å². The maximum absolute atomic E-state index is 13.2. The van der Waals surface area contributed by atoms with Crippen LogP contribution >= 0.6 is 0 Å². The lowest BCUT2D eigenvalue weighted by molar-refractivity contribution is -0.139. The van der Waals surface area contributed by atoms with E-state index in [0.29, 0.717) is 25.3 Å². The second kappa shape index (κ2) is 20.5. The van der Waals surface area contributed by atoms with Crippen molar-refractivity contribution in [2.24, 2.45) is 0 Å². The number of aliphatic carboxylic acids is 1. The first-order valence-corrected chi connectivity index (χ1v) is 14.9. The molecule has 3 rings (SSSR count). The Morgan fingerprint density at radius 1 is 0.902 bits per heavy atom. The smallest absolute Gasteiger partial charge is 0.326 e. The molecule has 0 bridgehead atoms. The minimum Gasteiger partial charge on any atom is -0.480 e. The van der Waals surface area contributed by atoms with Gasteiger partial charge >= 0.3 is 5.97 Å². The van der Waals surface area contributed by atoms with Crippen LogP contribution in [-0.4, -0.2) is 36.6 Å². The Bertz CT molecular complexity index is 1170. The maximum atomic E-state index is 13.2. The van der Waals surface area contributed by atoms with E-state index in [1.165, 1.54) is 12.8 Å². The highest BCUT2D eigenvalue weighted by molar-refractivity contribution is 6.02. The summed E-state index contributed by atoms with van der Waals surface area (Å²) in [4.78, 5) is 24.8. The molecule has 3 aromatic rings. The number of furan rings is 1. The molecule has 1 unspecified atom stereocenters. The summed E-state index contributed by atoms with van der Waals surface area (Å²) >= 11 is 0. The molecule has 7 heteroatoms. The van der Waals surface area contributed by atoms with Crippen LogP contribution in [0.15, 0.2) is 59.0 Å². The minimum absolute atomic E-state index is 0.288. The summed E-state index contributed by atoms with van der Waals surface area (Å²) in [5, 5.41) is 15.1. The molecule has 1 atom stereocenters. The van der Waals surface area contributed by atoms with Crippen molar-refractivity contribution in [2.75, 3.05) is 13.6 Å². The topological polar surface area (TPSA) is 101 Å². The summed E-state index contributed by atoms with van der Waals surface area (Å²) in [6.07, 6.45) is 4.86. The molecule has 7 nitrogen and oxygen atoms in total. The predicted molar refractivity (Wildman–Crippen MR) is 167 cm³/mol. The quantitative estimate of drug-likeness (QED) is 0.186. The standard InChI is InChI=1S/C28H34N2O5.C4H10.C2H6/c1-4-7-21-11-12-22(35-21)18-34-17-20-10-13-24(25(16-20)23-9-6-5-8-19(23)2)27(31)30-26(28(32)33)14-15-29-3;1-3-4-2;1-2/h5-6,8-13,16,26,29H,4,7,14-15,17-18H2,1-3H3,(H,30,31)(H,32,33);3-4H2,1-2H3;1-2H3. The van der Waals surface area contributed by atoms with Gasteiger partial charge < -0.3 is 24.9 Å². The van der Waals surface area contributed by atoms with Gasteiger partial charge in [0.05, 0.1) is 6.61 Å². The van der Waals surface area contributed by atoms with Gasteiger partial charge in [-0.3, -0.25) is 4.79 Å². The van der Waals surface area contributed by atoms with Gasteiger partial charge in [0.2, 0.25) is 0 Å². The van der Waals surface area contributed by atoms with Crippen LogP contribution in [0.25, 0.3) is 11.1 Å². The fourth-order valence-corrected chi connectivity index (χ4v) is 3.91. The van der Waals surface area contributed by atoms with Crippen LogP contribution in [0.3, 0.4) is 0 Å². The van der Waals surface area contributed by atoms with Gasteiger partial charge in [-0.25, -0.2) is 4.79 Å². The zero-order valence-corrected chi connectivity index (χ0v) is 26.0. The number of carbonyl (C=O) groups excluding carboxylic acids is 1. The van der Waals surface area contributed by atoms with Crippen LogP contribution in [0.2, 0.25) is 0 Å². The van der Waals surface area contributed by atoms with Gasteiger partial charge in [-0.2, -0.15) is 0 Å². The van der Waals surface area contributed by atoms with Gasteiger partial charge in [0.1, 0.15) is 24.2 Å². The average Bonchev–Trinajstić information content (AvgIpc) is 3.43. The second-order valence-electron chi connectivity index (χ2n) is 9.56. The largest absolute Gasteiger partial charge is 0.480 e. The van der Waals surface area contributed by atoms with E-state index in [0.717, 1.165) is 46.6 Å². The predicted octanol–water partition coefficient (Wildman–Crippen LogP) is 7.55. The van der Waals surface area contributed by atoms with E-state index in [-0.39, 0.29) is 6.42 Å². The zero-order chi connectivity index (χ0) is 30.6. The summed E-state index contributed by atoms with van der Waals surface area (Å²) in [6.45, 7) is 13.6. The molecule has 0 aliphatic carbocycles. The molecule has 1 heterocycles. The molecule has 0 fully saturated rings. The number of aryl methyl sites for hydroxylation is 2. The summed E-state index contributed by atoms with van der Waals surface area (Å²) in [7, 11) is 1.74. The molecule has 0 spiro atoms. The summed E-state index contributed by atoms with van der Waals surface area (Å²) in [5.41, 5.74) is 4.00. The lowest BCUT2D eigenvalue weighted by atomic mass is 9.93. The molecular weight excluding hydrogens is 516 g/mol. The Morgan fingerprint density at radius 2 is 1.59 bits per heavy atom. The Hall–Kier alpha value is -3.42. The number of rotatable bonds is 14. The lowest BCUT2D eigenvalue weighted by Crippen LogP contribution is -2.42. The number of carboxylic acids is 1. The van der Waals surface area contributed by atoms with Crippen molar-refractivity contribution in [3.05, 3.63) is 82.8 Å². The fraction of sp³-hybridized carbons (Fsp3) is 0.471. The highest BCUT2D eigenvalue weighted by atomic mass is 16.5. The first-order valence-electron chi connectivity index (χ1n) is 14.9. The Morgan fingerprint density at radius 3 is 2.20 bits per heavy atom. The molecule has 0 radical (unpaired) electrons. The van der Waals surface area contributed by atoms with Crippen LogP contribution in [0.4, 0.5) is 0 Å². The average molecular weight is 567 g/mol. The minimum atomic E-state index is -1.06. The van der Waals surface area contributed by atoms with E-state index in [4.69, 9.17) is 9.15 Å². The van der Waals surface area contributed by atoms with Crippen molar-refractivity contribution >= 4 is 11.9 Å². The molecule has 0 aliphatic rings. The van der Waals surface area contributed by atoms with Gasteiger partial charge in [0.15, 0.2) is 0 Å². The van der Waals surface area contributed by atoms with Crippen LogP contribution in [0, 0.1) is 6.92 Å². The highest BCUT2D eigenvalue weighted by Gasteiger charge is 2.22. The highest BCUT2D eigenvalue weighted by Crippen LogP contribution is 2.29. The number of carboxylic acid groups (broad SMARTS) is 1. The number of benzene rings is 2. The van der Waals surface area contributed by atoms with Crippen molar-refractivity contribution in [1.29, 1.82) is 0 Å². The molecule has 1 aromatic heterocycles. The Balaban J connectivity index is 0.00000129. The molecule has 0 aliphatic heterocycles. The molecule has 1 amide bonds. The third kappa shape index (κ3) is 12.3. The van der Waals surface area contributed by atoms with Crippen LogP contribution in [-0.2, 0) is 29.2 Å². The van der Waals surface area contributed by atoms with Gasteiger partial charge in [0.25, 0.3) is 5.91 Å². The number of hydrogen-bond donors (Lipinski definition) is 3. The van der Waals surface area contributed by atoms with E-state index in [1.54, 1.807) is 13.1 Å². The zero-order valence-electron chi connectivity index (χ0n) is 26.0. The van der Waals surface area contributed by atoms with E-state index in [1.807, 2.05) is 69.3 Å². The van der Waals surface area contributed by atoms with Gasteiger partial charge in [-0.1, -0.05) is 77.8 Å². The second-order valence-corrected chi connectivity index (χ2v) is 9.56. The van der Waals surface area contributed by atoms with Crippen molar-refractivity contribution in [3.8, 4) is 11.1 Å². The molecule has 0 saturated carbocycles. The number of nitrogens with one attached hydrogen (secondary N) is 2. The summed E-state index contributed by atoms with van der Waals surface area (Å²) in [5.74, 6) is 0.261. The van der Waals surface area contributed by atoms with Crippen molar-refractivity contribution in [3.63, 3.8) is 0 Å². The van der Waals surface area contributed by atoms with E-state index in [2.05, 4.69) is 31.4 Å². The monoisotopic (exact) mass is 566 g/mol. The first kappa shape index (κ1) is 35.6. The lowest BCUT2D eigenvalue weighted by Gasteiger charge is -2.18. The van der Waals surface area contributed by atoms with E-state index in [9.17, 15) is 14.7 Å². The summed E-state index contributed by atoms with van der Waals surface area (Å²) < 4.78 is 11.7. The number of ether oxygens (including phenoxy) is 1. The SMILES string of the molecule is CC.CCCC.CCCc1ccc(COCc2ccc(C(=O)NC(CCNC)C(=O)O)c(-c3ccccc3C)c2)o1. The fourth-order valence-electron chi connectivity index (χ4n) is 3.91. The maximum Gasteiger partial charge on any atom is 0.326 e. The molecule has 226 valence electrons. The Labute approximate surface area is 246 Å². The summed E-state index contributed by atoms with van der Waals surface area (Å²) in [6, 6.07) is 16.3. The third-order valence-electron chi connectivity index (χ3n) is 6.28. The molecular formula is C34H50N2O5. The molecule has 41 heavy (non-hydrogen) atoms. The number of unbranched alkanes of at least 4 members (excludes halogenated alkanes) is 1. The van der Waals surface area contributed by atoms with E-state index < -0.39 is 17.9 Å². The van der Waals surface area contributed by atoms with Crippen molar-refractivity contribution in [1.82, 2.24) is 10.6 Å². The number of amides is 1. The van der Waals surface area contributed by atoms with Gasteiger partial charge in [0, 0.05) is 12.0 Å². The number of carbonyl (C=O) groups is 2. The molecule has 2 aromatic carbocycles. The van der Waals surface area contributed by atoms with Gasteiger partial charge in [-0.05, 0) is 79.9 Å². The van der Waals surface area contributed by atoms with E-state index >= 15 is 0 Å². The van der Waals surface area contributed by atoms with Gasteiger partial charge in [-0.15, -0.1) is 0 Å². The van der Waals surface area contributed by atoms with Crippen molar-refractivity contribution in [2.45, 2.75) is 92.9 Å². The molecule has 0 saturated heterocycles. The first-order chi connectivity index (χ1) is 19.8. The van der Waals surface area contributed by atoms with Crippen molar-refractivity contribution < 1.29 is 23.8 Å². The normalized spacial score (nSPS) is 11.0. The third-order valence-corrected chi connectivity index (χ3v) is 6.28. The molecule has 3 N–H and O–H groups in total. The van der Waals surface area contributed by atoms with Crippen LogP contribution < -0.4 is 10.6 Å². The number of hydrogen-bond acceptors (Lipinski definition) is 5.